The summed E-state index contributed by atoms with van der Waals surface area (Å²) in [6.07, 6.45) is 4.66. The second kappa shape index (κ2) is 9.83. The zero-order valence-electron chi connectivity index (χ0n) is 20.0. The summed E-state index contributed by atoms with van der Waals surface area (Å²) in [5.74, 6) is 0.0233. The summed E-state index contributed by atoms with van der Waals surface area (Å²) in [5, 5.41) is 3.81. The number of nitrogens with one attached hydrogen (secondary N) is 2. The van der Waals surface area contributed by atoms with Crippen molar-refractivity contribution >= 4 is 38.7 Å². The van der Waals surface area contributed by atoms with Crippen molar-refractivity contribution in [3.63, 3.8) is 0 Å². The predicted molar refractivity (Wildman–Crippen MR) is 145 cm³/mol. The number of rotatable bonds is 7. The summed E-state index contributed by atoms with van der Waals surface area (Å²) in [6.45, 7) is 0. The maximum absolute atomic E-state index is 14.1. The molecule has 1 fully saturated rings. The van der Waals surface area contributed by atoms with Gasteiger partial charge in [0.2, 0.25) is 10.0 Å². The van der Waals surface area contributed by atoms with Gasteiger partial charge < -0.3 is 19.5 Å². The van der Waals surface area contributed by atoms with Gasteiger partial charge in [-0.1, -0.05) is 12.1 Å². The fraction of sp³-hybridized carbons (Fsp3) is 0.154. The van der Waals surface area contributed by atoms with Gasteiger partial charge in [-0.15, -0.1) is 0 Å². The van der Waals surface area contributed by atoms with Gasteiger partial charge in [0.25, 0.3) is 0 Å². The molecule has 37 heavy (non-hydrogen) atoms. The normalized spacial score (nSPS) is 17.5. The van der Waals surface area contributed by atoms with Crippen molar-refractivity contribution in [2.75, 3.05) is 23.0 Å². The van der Waals surface area contributed by atoms with Crippen molar-refractivity contribution in [2.24, 2.45) is 0 Å². The Morgan fingerprint density at radius 2 is 1.89 bits per heavy atom. The quantitative estimate of drug-likeness (QED) is 0.334. The average molecular weight is 538 g/mol. The Bertz CT molecular complexity index is 1560. The Morgan fingerprint density at radius 1 is 1.05 bits per heavy atom. The molecule has 8 nitrogen and oxygen atoms in total. The summed E-state index contributed by atoms with van der Waals surface area (Å²) < 4.78 is 48.0. The lowest BCUT2D eigenvalue weighted by Gasteiger charge is -2.29. The first kappa shape index (κ1) is 24.7. The second-order valence-electron chi connectivity index (χ2n) is 8.54. The lowest BCUT2D eigenvalue weighted by Crippen LogP contribution is -2.30. The molecule has 0 aliphatic carbocycles. The Balaban J connectivity index is 1.67. The van der Waals surface area contributed by atoms with E-state index in [2.05, 4.69) is 15.0 Å². The molecule has 0 spiro atoms. The zero-order chi connectivity index (χ0) is 26.2. The Hall–Kier alpha value is -3.96. The molecule has 1 aliphatic heterocycles. The van der Waals surface area contributed by atoms with Crippen LogP contribution in [0.4, 0.5) is 15.8 Å². The fourth-order valence-electron chi connectivity index (χ4n) is 4.55. The lowest BCUT2D eigenvalue weighted by atomic mass is 10.0. The van der Waals surface area contributed by atoms with E-state index < -0.39 is 16.1 Å². The van der Waals surface area contributed by atoms with Gasteiger partial charge in [-0.25, -0.2) is 12.8 Å². The van der Waals surface area contributed by atoms with Crippen LogP contribution in [0.3, 0.4) is 0 Å². The molecule has 3 heterocycles. The summed E-state index contributed by atoms with van der Waals surface area (Å²) in [5.41, 5.74) is 3.19. The largest absolute Gasteiger partial charge is 0.495 e. The van der Waals surface area contributed by atoms with Crippen LogP contribution >= 0.6 is 12.2 Å². The van der Waals surface area contributed by atoms with Crippen molar-refractivity contribution in [1.82, 2.24) is 14.9 Å². The molecule has 1 saturated heterocycles. The van der Waals surface area contributed by atoms with Crippen molar-refractivity contribution in [2.45, 2.75) is 12.1 Å². The van der Waals surface area contributed by atoms with E-state index in [-0.39, 0.29) is 17.5 Å². The summed E-state index contributed by atoms with van der Waals surface area (Å²) in [7, 11) is -2.10. The number of methoxy groups -OCH3 is 1. The third-order valence-corrected chi connectivity index (χ3v) is 6.93. The molecule has 190 valence electrons. The standard InChI is InChI=1S/C26H24FN5O3S2/c1-35-23-12-11-19(16-21(23)30-37(2,33)34)32-25(24(29-26(32)36)20-9-3-4-13-28-20)22-10-6-14-31(22)18-8-5-7-17(27)15-18/h3-16,24-25,30H,1-2H3,(H,29,36)/t24-,25-/m0/s1. The van der Waals surface area contributed by atoms with Crippen LogP contribution in [0.25, 0.3) is 5.69 Å². The van der Waals surface area contributed by atoms with Crippen molar-refractivity contribution in [3.8, 4) is 11.4 Å². The molecule has 5 rings (SSSR count). The van der Waals surface area contributed by atoms with Crippen molar-refractivity contribution in [1.29, 1.82) is 0 Å². The fourth-order valence-corrected chi connectivity index (χ4v) is 5.46. The van der Waals surface area contributed by atoms with E-state index in [1.807, 2.05) is 58.1 Å². The number of aromatic nitrogens is 2. The van der Waals surface area contributed by atoms with Gasteiger partial charge in [-0.3, -0.25) is 9.71 Å². The monoisotopic (exact) mass is 537 g/mol. The van der Waals surface area contributed by atoms with Crippen LogP contribution in [0.15, 0.2) is 85.2 Å². The van der Waals surface area contributed by atoms with Crippen LogP contribution in [-0.4, -0.2) is 36.4 Å². The average Bonchev–Trinajstić information content (AvgIpc) is 3.48. The molecule has 0 radical (unpaired) electrons. The topological polar surface area (TPSA) is 88.5 Å². The van der Waals surface area contributed by atoms with E-state index in [1.165, 1.54) is 19.2 Å². The molecule has 0 bridgehead atoms. The van der Waals surface area contributed by atoms with Crippen LogP contribution < -0.4 is 19.7 Å². The number of benzene rings is 2. The molecular weight excluding hydrogens is 513 g/mol. The molecule has 4 aromatic rings. The number of anilines is 2. The highest BCUT2D eigenvalue weighted by Gasteiger charge is 2.42. The van der Waals surface area contributed by atoms with Gasteiger partial charge in [-0.05, 0) is 72.9 Å². The molecule has 0 unspecified atom stereocenters. The van der Waals surface area contributed by atoms with E-state index in [0.717, 1.165) is 17.6 Å². The number of hydrogen-bond acceptors (Lipinski definition) is 5. The lowest BCUT2D eigenvalue weighted by molar-refractivity contribution is 0.417. The first-order chi connectivity index (χ1) is 17.7. The number of nitrogens with zero attached hydrogens (tertiary/aromatic N) is 3. The van der Waals surface area contributed by atoms with Crippen molar-refractivity contribution in [3.05, 3.63) is 102 Å². The molecule has 2 aromatic carbocycles. The van der Waals surface area contributed by atoms with E-state index in [0.29, 0.717) is 22.2 Å². The number of halogens is 1. The summed E-state index contributed by atoms with van der Waals surface area (Å²) in [4.78, 5) is 6.47. The van der Waals surface area contributed by atoms with Crippen LogP contribution in [-0.2, 0) is 10.0 Å². The predicted octanol–water partition coefficient (Wildman–Crippen LogP) is 4.57. The van der Waals surface area contributed by atoms with Crippen LogP contribution in [0.2, 0.25) is 0 Å². The van der Waals surface area contributed by atoms with Gasteiger partial charge in [0, 0.05) is 29.5 Å². The molecule has 0 amide bonds. The van der Waals surface area contributed by atoms with Crippen LogP contribution in [0, 0.1) is 5.82 Å². The molecule has 2 N–H and O–H groups in total. The number of ether oxygens (including phenoxy) is 1. The smallest absolute Gasteiger partial charge is 0.229 e. The number of pyridine rings is 1. The maximum atomic E-state index is 14.1. The number of thiocarbonyl (C=S) groups is 1. The highest BCUT2D eigenvalue weighted by molar-refractivity contribution is 7.92. The highest BCUT2D eigenvalue weighted by Crippen LogP contribution is 2.43. The second-order valence-corrected chi connectivity index (χ2v) is 10.7. The van der Waals surface area contributed by atoms with Crippen molar-refractivity contribution < 1.29 is 17.5 Å². The highest BCUT2D eigenvalue weighted by atomic mass is 32.2. The number of hydrogen-bond donors (Lipinski definition) is 2. The summed E-state index contributed by atoms with van der Waals surface area (Å²) >= 11 is 5.79. The summed E-state index contributed by atoms with van der Waals surface area (Å²) in [6, 6.07) is 20.3. The first-order valence-corrected chi connectivity index (χ1v) is 13.6. The zero-order valence-corrected chi connectivity index (χ0v) is 21.6. The minimum atomic E-state index is -3.57. The Morgan fingerprint density at radius 3 is 2.59 bits per heavy atom. The van der Waals surface area contributed by atoms with E-state index >= 15 is 0 Å². The van der Waals surface area contributed by atoms with Gasteiger partial charge >= 0.3 is 0 Å². The van der Waals surface area contributed by atoms with Crippen LogP contribution in [0.1, 0.15) is 23.5 Å². The SMILES string of the molecule is COc1ccc(N2C(=S)N[C@@H](c3ccccn3)[C@@H]2c2cccn2-c2cccc(F)c2)cc1NS(C)(=O)=O. The molecule has 2 aromatic heterocycles. The van der Waals surface area contributed by atoms with E-state index in [9.17, 15) is 12.8 Å². The minimum absolute atomic E-state index is 0.283. The molecule has 2 atom stereocenters. The molecule has 1 aliphatic rings. The Labute approximate surface area is 219 Å². The minimum Gasteiger partial charge on any atom is -0.495 e. The maximum Gasteiger partial charge on any atom is 0.229 e. The van der Waals surface area contributed by atoms with Gasteiger partial charge in [0.05, 0.1) is 30.8 Å². The third kappa shape index (κ3) is 5.00. The first-order valence-electron chi connectivity index (χ1n) is 11.3. The molecule has 11 heteroatoms. The van der Waals surface area contributed by atoms with Gasteiger partial charge in [0.1, 0.15) is 17.6 Å². The molecule has 0 saturated carbocycles. The van der Waals surface area contributed by atoms with E-state index in [4.69, 9.17) is 17.0 Å². The van der Waals surface area contributed by atoms with Crippen LogP contribution in [0.5, 0.6) is 5.75 Å². The number of sulfonamides is 1. The molecular formula is C26H24FN5O3S2. The Kier molecular flexibility index (Phi) is 6.57. The van der Waals surface area contributed by atoms with E-state index in [1.54, 1.807) is 24.4 Å². The van der Waals surface area contributed by atoms with Gasteiger partial charge in [0.15, 0.2) is 5.11 Å². The third-order valence-electron chi connectivity index (χ3n) is 6.02. The van der Waals surface area contributed by atoms with Gasteiger partial charge in [-0.2, -0.15) is 0 Å².